The Hall–Kier alpha value is -1.88. The Morgan fingerprint density at radius 2 is 2.05 bits per heavy atom. The number of carboxylic acids is 1. The van der Waals surface area contributed by atoms with Crippen LogP contribution in [0.15, 0.2) is 30.3 Å². The van der Waals surface area contributed by atoms with Crippen LogP contribution in [0, 0.1) is 0 Å². The van der Waals surface area contributed by atoms with Crippen LogP contribution in [-0.4, -0.2) is 34.5 Å². The molecule has 1 aliphatic heterocycles. The molecule has 0 saturated carbocycles. The van der Waals surface area contributed by atoms with Gasteiger partial charge in [-0.2, -0.15) is 0 Å². The van der Waals surface area contributed by atoms with Gasteiger partial charge in [0.15, 0.2) is 0 Å². The lowest BCUT2D eigenvalue weighted by atomic mass is 10.0. The lowest BCUT2D eigenvalue weighted by Gasteiger charge is -2.32. The maximum atomic E-state index is 12.6. The van der Waals surface area contributed by atoms with Crippen molar-refractivity contribution in [3.63, 3.8) is 0 Å². The molecule has 20 heavy (non-hydrogen) atoms. The first-order valence-electron chi connectivity index (χ1n) is 6.69. The van der Waals surface area contributed by atoms with E-state index in [-0.39, 0.29) is 5.91 Å². The summed E-state index contributed by atoms with van der Waals surface area (Å²) in [7, 11) is 0. The van der Waals surface area contributed by atoms with E-state index in [1.165, 1.54) is 16.2 Å². The molecule has 2 heterocycles. The lowest BCUT2D eigenvalue weighted by Crippen LogP contribution is -2.47. The summed E-state index contributed by atoms with van der Waals surface area (Å²) in [4.78, 5) is 26.0. The topological polar surface area (TPSA) is 57.6 Å². The van der Waals surface area contributed by atoms with Gasteiger partial charge in [0.05, 0.1) is 4.88 Å². The fourth-order valence-electron chi connectivity index (χ4n) is 2.66. The normalized spacial score (nSPS) is 19.2. The van der Waals surface area contributed by atoms with Gasteiger partial charge in [-0.25, -0.2) is 4.79 Å². The Balaban J connectivity index is 1.92. The van der Waals surface area contributed by atoms with Crippen LogP contribution in [0.25, 0.3) is 10.1 Å². The summed E-state index contributed by atoms with van der Waals surface area (Å²) >= 11 is 1.43. The highest BCUT2D eigenvalue weighted by molar-refractivity contribution is 7.20. The highest BCUT2D eigenvalue weighted by Crippen LogP contribution is 2.28. The quantitative estimate of drug-likeness (QED) is 0.924. The Morgan fingerprint density at radius 1 is 1.25 bits per heavy atom. The van der Waals surface area contributed by atoms with Crippen molar-refractivity contribution >= 4 is 33.3 Å². The lowest BCUT2D eigenvalue weighted by molar-refractivity contribution is -0.143. The number of hydrogen-bond donors (Lipinski definition) is 1. The maximum Gasteiger partial charge on any atom is 0.326 e. The predicted molar refractivity (Wildman–Crippen MR) is 78.1 cm³/mol. The maximum absolute atomic E-state index is 12.6. The van der Waals surface area contributed by atoms with Crippen molar-refractivity contribution in [1.29, 1.82) is 0 Å². The van der Waals surface area contributed by atoms with E-state index in [1.807, 2.05) is 30.3 Å². The second-order valence-corrected chi connectivity index (χ2v) is 6.08. The fraction of sp³-hybridized carbons (Fsp3) is 0.333. The second kappa shape index (κ2) is 5.25. The monoisotopic (exact) mass is 289 g/mol. The van der Waals surface area contributed by atoms with E-state index in [1.54, 1.807) is 0 Å². The molecule has 104 valence electrons. The van der Waals surface area contributed by atoms with Crippen LogP contribution in [0.4, 0.5) is 0 Å². The number of aliphatic carboxylic acids is 1. The molecule has 0 unspecified atom stereocenters. The van der Waals surface area contributed by atoms with Gasteiger partial charge >= 0.3 is 5.97 Å². The number of thiophene rings is 1. The number of rotatable bonds is 2. The highest BCUT2D eigenvalue weighted by atomic mass is 32.1. The van der Waals surface area contributed by atoms with Crippen LogP contribution < -0.4 is 0 Å². The Morgan fingerprint density at radius 3 is 2.80 bits per heavy atom. The molecule has 1 atom stereocenters. The number of benzene rings is 1. The van der Waals surface area contributed by atoms with Crippen molar-refractivity contribution in [2.24, 2.45) is 0 Å². The smallest absolute Gasteiger partial charge is 0.326 e. The number of amides is 1. The van der Waals surface area contributed by atoms with E-state index in [0.29, 0.717) is 17.8 Å². The van der Waals surface area contributed by atoms with Crippen molar-refractivity contribution in [1.82, 2.24) is 4.90 Å². The van der Waals surface area contributed by atoms with Crippen LogP contribution in [0.2, 0.25) is 0 Å². The first-order chi connectivity index (χ1) is 9.66. The zero-order chi connectivity index (χ0) is 14.1. The van der Waals surface area contributed by atoms with Crippen molar-refractivity contribution in [2.45, 2.75) is 25.3 Å². The van der Waals surface area contributed by atoms with Crippen molar-refractivity contribution in [2.75, 3.05) is 6.54 Å². The van der Waals surface area contributed by atoms with Crippen molar-refractivity contribution < 1.29 is 14.7 Å². The van der Waals surface area contributed by atoms with Crippen LogP contribution in [0.5, 0.6) is 0 Å². The summed E-state index contributed by atoms with van der Waals surface area (Å²) < 4.78 is 1.06. The number of nitrogens with zero attached hydrogens (tertiary/aromatic N) is 1. The van der Waals surface area contributed by atoms with Crippen LogP contribution in [0.3, 0.4) is 0 Å². The predicted octanol–water partition coefficient (Wildman–Crippen LogP) is 2.98. The molecule has 4 nitrogen and oxygen atoms in total. The average Bonchev–Trinajstić information content (AvgIpc) is 2.90. The Labute approximate surface area is 120 Å². The molecule has 1 aromatic carbocycles. The zero-order valence-corrected chi connectivity index (χ0v) is 11.7. The summed E-state index contributed by atoms with van der Waals surface area (Å²) in [5, 5.41) is 10.3. The molecule has 1 N–H and O–H groups in total. The molecule has 1 aliphatic rings. The summed E-state index contributed by atoms with van der Waals surface area (Å²) in [5.74, 6) is -1.06. The fourth-order valence-corrected chi connectivity index (χ4v) is 3.68. The summed E-state index contributed by atoms with van der Waals surface area (Å²) in [6, 6.07) is 8.99. The third-order valence-electron chi connectivity index (χ3n) is 3.69. The third-order valence-corrected chi connectivity index (χ3v) is 4.79. The molecular weight excluding hydrogens is 274 g/mol. The van der Waals surface area contributed by atoms with E-state index < -0.39 is 12.0 Å². The first kappa shape index (κ1) is 13.1. The molecule has 1 saturated heterocycles. The number of carboxylic acid groups (broad SMARTS) is 1. The molecule has 1 amide bonds. The van der Waals surface area contributed by atoms with Crippen LogP contribution in [-0.2, 0) is 4.79 Å². The summed E-state index contributed by atoms with van der Waals surface area (Å²) in [6.07, 6.45) is 2.29. The molecule has 0 aliphatic carbocycles. The van der Waals surface area contributed by atoms with Gasteiger partial charge in [-0.1, -0.05) is 18.2 Å². The molecule has 0 radical (unpaired) electrons. The van der Waals surface area contributed by atoms with E-state index in [2.05, 4.69) is 0 Å². The minimum absolute atomic E-state index is 0.154. The highest BCUT2D eigenvalue weighted by Gasteiger charge is 2.33. The minimum atomic E-state index is -0.904. The largest absolute Gasteiger partial charge is 0.480 e. The first-order valence-corrected chi connectivity index (χ1v) is 7.51. The van der Waals surface area contributed by atoms with Gasteiger partial charge in [-0.05, 0) is 36.8 Å². The number of piperidine rings is 1. The molecule has 5 heteroatoms. The molecule has 0 spiro atoms. The number of fused-ring (bicyclic) bond motifs is 1. The molecule has 1 aromatic heterocycles. The van der Waals surface area contributed by atoms with Gasteiger partial charge in [0.1, 0.15) is 6.04 Å². The summed E-state index contributed by atoms with van der Waals surface area (Å²) in [6.45, 7) is 0.532. The standard InChI is InChI=1S/C15H15NO3S/c17-14(16-8-4-3-6-11(16)15(18)19)13-9-10-5-1-2-7-12(10)20-13/h1-2,5,7,9,11H,3-4,6,8H2,(H,18,19)/t11-/m1/s1. The minimum Gasteiger partial charge on any atom is -0.480 e. The van der Waals surface area contributed by atoms with Crippen molar-refractivity contribution in [3.05, 3.63) is 35.2 Å². The molecule has 3 rings (SSSR count). The van der Waals surface area contributed by atoms with Gasteiger partial charge in [0, 0.05) is 11.2 Å². The Bertz CT molecular complexity index is 631. The number of carbonyl (C=O) groups is 2. The van der Waals surface area contributed by atoms with Crippen molar-refractivity contribution in [3.8, 4) is 0 Å². The third kappa shape index (κ3) is 2.29. The molecule has 1 fully saturated rings. The molecule has 0 bridgehead atoms. The number of likely N-dealkylation sites (tertiary alicyclic amines) is 1. The average molecular weight is 289 g/mol. The van der Waals surface area contributed by atoms with E-state index in [0.717, 1.165) is 22.9 Å². The Kier molecular flexibility index (Phi) is 3.44. The SMILES string of the molecule is O=C(O)[C@H]1CCCCN1C(=O)c1cc2ccccc2s1. The van der Waals surface area contributed by atoms with Gasteiger partial charge < -0.3 is 10.0 Å². The number of carbonyl (C=O) groups excluding carboxylic acids is 1. The van der Waals surface area contributed by atoms with E-state index in [9.17, 15) is 14.7 Å². The summed E-state index contributed by atoms with van der Waals surface area (Å²) in [5.41, 5.74) is 0. The van der Waals surface area contributed by atoms with Gasteiger partial charge in [-0.15, -0.1) is 11.3 Å². The van der Waals surface area contributed by atoms with Crippen LogP contribution >= 0.6 is 11.3 Å². The molecule has 2 aromatic rings. The van der Waals surface area contributed by atoms with Gasteiger partial charge in [0.2, 0.25) is 0 Å². The van der Waals surface area contributed by atoms with Gasteiger partial charge in [0.25, 0.3) is 5.91 Å². The van der Waals surface area contributed by atoms with E-state index in [4.69, 9.17) is 0 Å². The molecular formula is C15H15NO3S. The zero-order valence-electron chi connectivity index (χ0n) is 10.9. The second-order valence-electron chi connectivity index (χ2n) is 5.00. The number of hydrogen-bond acceptors (Lipinski definition) is 3. The van der Waals surface area contributed by atoms with E-state index >= 15 is 0 Å². The van der Waals surface area contributed by atoms with Crippen LogP contribution in [0.1, 0.15) is 28.9 Å². The van der Waals surface area contributed by atoms with Gasteiger partial charge in [-0.3, -0.25) is 4.79 Å².